The van der Waals surface area contributed by atoms with Gasteiger partial charge in [0.1, 0.15) is 54.3 Å². The van der Waals surface area contributed by atoms with Crippen LogP contribution in [0.5, 0.6) is 0 Å². The molecule has 2 aliphatic heterocycles. The summed E-state index contributed by atoms with van der Waals surface area (Å²) in [6.45, 7) is -1.44. The van der Waals surface area contributed by atoms with Crippen molar-refractivity contribution in [2.24, 2.45) is 0 Å². The van der Waals surface area contributed by atoms with E-state index in [0.717, 1.165) is 4.57 Å². The molecule has 2 fully saturated rings. The Morgan fingerprint density at radius 1 is 1.03 bits per heavy atom. The van der Waals surface area contributed by atoms with E-state index in [1.807, 2.05) is 0 Å². The molecule has 0 radical (unpaired) electrons. The molecular formula is C19H25N8O11P. The van der Waals surface area contributed by atoms with Crippen molar-refractivity contribution in [1.29, 1.82) is 0 Å². The van der Waals surface area contributed by atoms with Crippen LogP contribution in [0.1, 0.15) is 12.5 Å². The Bertz CT molecular complexity index is 1450. The monoisotopic (exact) mass is 572 g/mol. The van der Waals surface area contributed by atoms with Gasteiger partial charge in [0.25, 0.3) is 0 Å². The third-order valence-electron chi connectivity index (χ3n) is 6.27. The van der Waals surface area contributed by atoms with Gasteiger partial charge < -0.3 is 46.3 Å². The Morgan fingerprint density at radius 3 is 2.49 bits per heavy atom. The number of imidazole rings is 1. The van der Waals surface area contributed by atoms with Gasteiger partial charge in [-0.2, -0.15) is 4.98 Å². The van der Waals surface area contributed by atoms with Crippen LogP contribution in [0.15, 0.2) is 29.7 Å². The number of nitrogens with two attached hydrogens (primary N) is 2. The van der Waals surface area contributed by atoms with E-state index in [-0.39, 0.29) is 22.8 Å². The largest absolute Gasteiger partial charge is 0.472 e. The summed E-state index contributed by atoms with van der Waals surface area (Å²) in [4.78, 5) is 38.1. The van der Waals surface area contributed by atoms with Gasteiger partial charge in [-0.1, -0.05) is 0 Å². The average molecular weight is 572 g/mol. The first kappa shape index (κ1) is 27.5. The number of phosphoric acid groups is 1. The van der Waals surface area contributed by atoms with Crippen LogP contribution < -0.4 is 17.2 Å². The lowest BCUT2D eigenvalue weighted by molar-refractivity contribution is -0.0635. The van der Waals surface area contributed by atoms with Crippen molar-refractivity contribution in [2.45, 2.75) is 49.1 Å². The van der Waals surface area contributed by atoms with E-state index in [0.29, 0.717) is 0 Å². The van der Waals surface area contributed by atoms with E-state index < -0.39 is 75.8 Å². The number of anilines is 2. The smallest absolute Gasteiger partial charge is 0.394 e. The van der Waals surface area contributed by atoms with Gasteiger partial charge in [0.15, 0.2) is 23.9 Å². The van der Waals surface area contributed by atoms with E-state index in [4.69, 9.17) is 30.0 Å². The molecule has 5 rings (SSSR count). The molecule has 19 nitrogen and oxygen atoms in total. The van der Waals surface area contributed by atoms with Gasteiger partial charge in [0, 0.05) is 6.20 Å². The van der Waals surface area contributed by atoms with Crippen LogP contribution in [0, 0.1) is 0 Å². The third kappa shape index (κ3) is 5.12. The summed E-state index contributed by atoms with van der Waals surface area (Å²) >= 11 is 0. The van der Waals surface area contributed by atoms with Gasteiger partial charge in [-0.3, -0.25) is 18.2 Å². The fourth-order valence-corrected chi connectivity index (χ4v) is 5.26. The molecule has 2 aliphatic rings. The molecule has 0 amide bonds. The number of aromatic nitrogens is 6. The van der Waals surface area contributed by atoms with Crippen LogP contribution in [-0.2, 0) is 23.1 Å². The maximum atomic E-state index is 12.8. The molecule has 20 heteroatoms. The minimum atomic E-state index is -5.03. The molecule has 0 bridgehead atoms. The second kappa shape index (κ2) is 10.5. The highest BCUT2D eigenvalue weighted by molar-refractivity contribution is 7.47. The van der Waals surface area contributed by atoms with Gasteiger partial charge in [0.05, 0.1) is 19.5 Å². The number of aliphatic hydroxyl groups excluding tert-OH is 4. The molecular weight excluding hydrogens is 547 g/mol. The SMILES string of the molecule is Nc1ccn(C2OC(CO)C(O)C2OP(=O)(O)OCC2OC(n3cnc4c(N)ncnc43)C(O)C2O)c(=O)n1. The van der Waals surface area contributed by atoms with Crippen LogP contribution in [0.2, 0.25) is 0 Å². The minimum Gasteiger partial charge on any atom is -0.394 e. The summed E-state index contributed by atoms with van der Waals surface area (Å²) in [6, 6.07) is 1.25. The van der Waals surface area contributed by atoms with Crippen molar-refractivity contribution >= 4 is 30.6 Å². The van der Waals surface area contributed by atoms with E-state index in [1.54, 1.807) is 0 Å². The van der Waals surface area contributed by atoms with Crippen LogP contribution in [0.25, 0.3) is 11.2 Å². The van der Waals surface area contributed by atoms with Crippen LogP contribution in [0.4, 0.5) is 11.6 Å². The molecule has 9 atom stereocenters. The summed E-state index contributed by atoms with van der Waals surface area (Å²) in [7, 11) is -5.03. The molecule has 9 N–H and O–H groups in total. The lowest BCUT2D eigenvalue weighted by Gasteiger charge is -2.25. The number of rotatable bonds is 8. The fraction of sp³-hybridized carbons (Fsp3) is 0.526. The number of fused-ring (bicyclic) bond motifs is 1. The summed E-state index contributed by atoms with van der Waals surface area (Å²) in [5.41, 5.74) is 10.8. The number of nitrogens with zero attached hydrogens (tertiary/aromatic N) is 6. The summed E-state index contributed by atoms with van der Waals surface area (Å²) in [6.07, 6.45) is -8.08. The van der Waals surface area contributed by atoms with Crippen LogP contribution in [0.3, 0.4) is 0 Å². The van der Waals surface area contributed by atoms with Gasteiger partial charge >= 0.3 is 13.5 Å². The zero-order valence-electron chi connectivity index (χ0n) is 19.8. The second-order valence-corrected chi connectivity index (χ2v) is 10.2. The van der Waals surface area contributed by atoms with Crippen molar-refractivity contribution in [1.82, 2.24) is 29.1 Å². The number of phosphoric ester groups is 1. The molecule has 2 saturated heterocycles. The predicted molar refractivity (Wildman–Crippen MR) is 126 cm³/mol. The highest BCUT2D eigenvalue weighted by Crippen LogP contribution is 2.49. The quantitative estimate of drug-likeness (QED) is 0.130. The fourth-order valence-electron chi connectivity index (χ4n) is 4.33. The zero-order chi connectivity index (χ0) is 28.1. The van der Waals surface area contributed by atoms with Crippen molar-refractivity contribution in [3.05, 3.63) is 35.4 Å². The Kier molecular flexibility index (Phi) is 7.37. The van der Waals surface area contributed by atoms with Crippen molar-refractivity contribution in [3.8, 4) is 0 Å². The second-order valence-electron chi connectivity index (χ2n) is 8.74. The summed E-state index contributed by atoms with van der Waals surface area (Å²) in [5.74, 6) is -0.0146. The Balaban J connectivity index is 1.29. The Hall–Kier alpha value is -3.10. The van der Waals surface area contributed by atoms with Crippen LogP contribution in [-0.4, -0.2) is 104 Å². The normalized spacial score (nSPS) is 32.5. The first-order valence-corrected chi connectivity index (χ1v) is 12.9. The van der Waals surface area contributed by atoms with Gasteiger partial charge in [-0.15, -0.1) is 0 Å². The van der Waals surface area contributed by atoms with Crippen molar-refractivity contribution < 1.29 is 48.4 Å². The first-order valence-electron chi connectivity index (χ1n) is 11.4. The maximum absolute atomic E-state index is 12.8. The standard InChI is InChI=1S/C19H25N8O11P/c20-9-1-2-26(19(32)25-9)18-14(12(30)7(3-28)36-18)38-39(33,34)35-4-8-11(29)13(31)17(37-8)27-6-24-10-15(21)22-5-23-16(10)27/h1-2,5-8,11-14,17-18,28-31H,3-4H2,(H,33,34)(H2,20,25,32)(H2,21,22,23). The summed E-state index contributed by atoms with van der Waals surface area (Å²) in [5, 5.41) is 41.0. The molecule has 212 valence electrons. The highest BCUT2D eigenvalue weighted by Gasteiger charge is 2.50. The van der Waals surface area contributed by atoms with Crippen LogP contribution >= 0.6 is 7.82 Å². The van der Waals surface area contributed by atoms with E-state index in [9.17, 15) is 34.7 Å². The summed E-state index contributed by atoms with van der Waals surface area (Å²) < 4.78 is 36.2. The molecule has 39 heavy (non-hydrogen) atoms. The highest BCUT2D eigenvalue weighted by atomic mass is 31.2. The zero-order valence-corrected chi connectivity index (χ0v) is 20.7. The molecule has 0 aromatic carbocycles. The lowest BCUT2D eigenvalue weighted by atomic mass is 10.1. The van der Waals surface area contributed by atoms with Crippen molar-refractivity contribution in [2.75, 3.05) is 24.7 Å². The molecule has 5 heterocycles. The van der Waals surface area contributed by atoms with E-state index >= 15 is 0 Å². The topological polar surface area (TPSA) is 286 Å². The number of aliphatic hydroxyl groups is 4. The average Bonchev–Trinajstić information content (AvgIpc) is 3.53. The maximum Gasteiger partial charge on any atom is 0.472 e. The number of hydrogen-bond donors (Lipinski definition) is 7. The number of hydrogen-bond acceptors (Lipinski definition) is 16. The number of ether oxygens (including phenoxy) is 2. The molecule has 3 aromatic heterocycles. The molecule has 3 aromatic rings. The third-order valence-corrected chi connectivity index (χ3v) is 7.26. The first-order chi connectivity index (χ1) is 18.5. The van der Waals surface area contributed by atoms with E-state index in [1.165, 1.54) is 29.5 Å². The van der Waals surface area contributed by atoms with Gasteiger partial charge in [0.2, 0.25) is 0 Å². The van der Waals surface area contributed by atoms with E-state index in [2.05, 4.69) is 19.9 Å². The molecule has 0 spiro atoms. The van der Waals surface area contributed by atoms with Crippen molar-refractivity contribution in [3.63, 3.8) is 0 Å². The minimum absolute atomic E-state index is 0.0851. The Labute approximate surface area is 217 Å². The molecule has 9 unspecified atom stereocenters. The predicted octanol–water partition coefficient (Wildman–Crippen LogP) is -3.38. The molecule has 0 aliphatic carbocycles. The van der Waals surface area contributed by atoms with Gasteiger partial charge in [-0.25, -0.2) is 24.3 Å². The Morgan fingerprint density at radius 2 is 1.77 bits per heavy atom. The lowest BCUT2D eigenvalue weighted by Crippen LogP contribution is -2.38. The molecule has 0 saturated carbocycles. The number of nitrogen functional groups attached to an aromatic ring is 2. The van der Waals surface area contributed by atoms with Gasteiger partial charge in [-0.05, 0) is 6.07 Å².